The molecule has 0 spiro atoms. The van der Waals surface area contributed by atoms with Gasteiger partial charge in [0.05, 0.1) is 0 Å². The summed E-state index contributed by atoms with van der Waals surface area (Å²) in [5, 5.41) is 6.80. The highest BCUT2D eigenvalue weighted by Gasteiger charge is 2.34. The molecule has 1 N–H and O–H groups in total. The Balaban J connectivity index is 1.45. The standard InChI is InChI=1S/C11H16ClN3S/c12-10-7-16-11(14-10)13-5-8-3-4-15(6-8)9-1-2-9/h7-9H,1-6H2,(H,13,14). The van der Waals surface area contributed by atoms with Crippen molar-refractivity contribution in [1.29, 1.82) is 0 Å². The molecule has 1 unspecified atom stereocenters. The highest BCUT2D eigenvalue weighted by Crippen LogP contribution is 2.31. The summed E-state index contributed by atoms with van der Waals surface area (Å²) in [7, 11) is 0. The summed E-state index contributed by atoms with van der Waals surface area (Å²) in [5.74, 6) is 0.781. The van der Waals surface area contributed by atoms with Crippen LogP contribution in [0.1, 0.15) is 19.3 Å². The molecular weight excluding hydrogens is 242 g/mol. The summed E-state index contributed by atoms with van der Waals surface area (Å²) in [6, 6.07) is 0.916. The maximum atomic E-state index is 5.78. The first-order valence-electron chi connectivity index (χ1n) is 5.90. The molecular formula is C11H16ClN3S. The number of hydrogen-bond donors (Lipinski definition) is 1. The molecule has 88 valence electrons. The third-order valence-corrected chi connectivity index (χ3v) is 4.52. The highest BCUT2D eigenvalue weighted by atomic mass is 35.5. The predicted molar refractivity (Wildman–Crippen MR) is 68.3 cm³/mol. The lowest BCUT2D eigenvalue weighted by Crippen LogP contribution is -2.24. The van der Waals surface area contributed by atoms with E-state index in [2.05, 4.69) is 15.2 Å². The lowest BCUT2D eigenvalue weighted by atomic mass is 10.1. The molecule has 1 saturated heterocycles. The third kappa shape index (κ3) is 2.50. The molecule has 1 aromatic rings. The molecule has 3 nitrogen and oxygen atoms in total. The zero-order chi connectivity index (χ0) is 11.0. The molecule has 1 aliphatic carbocycles. The SMILES string of the molecule is Clc1csc(NCC2CCN(C3CC3)C2)n1. The van der Waals surface area contributed by atoms with Crippen LogP contribution in [-0.2, 0) is 0 Å². The fraction of sp³-hybridized carbons (Fsp3) is 0.727. The molecule has 1 aliphatic heterocycles. The van der Waals surface area contributed by atoms with Crippen LogP contribution >= 0.6 is 22.9 Å². The summed E-state index contributed by atoms with van der Waals surface area (Å²) < 4.78 is 0. The van der Waals surface area contributed by atoms with Gasteiger partial charge in [-0.1, -0.05) is 11.6 Å². The van der Waals surface area contributed by atoms with E-state index in [1.54, 1.807) is 11.3 Å². The van der Waals surface area contributed by atoms with Gasteiger partial charge in [0, 0.05) is 24.5 Å². The number of hydrogen-bond acceptors (Lipinski definition) is 4. The summed E-state index contributed by atoms with van der Waals surface area (Å²) in [4.78, 5) is 6.84. The minimum absolute atomic E-state index is 0.596. The summed E-state index contributed by atoms with van der Waals surface area (Å²) >= 11 is 7.36. The van der Waals surface area contributed by atoms with Gasteiger partial charge in [0.25, 0.3) is 0 Å². The second kappa shape index (κ2) is 4.51. The van der Waals surface area contributed by atoms with Gasteiger partial charge in [-0.3, -0.25) is 0 Å². The van der Waals surface area contributed by atoms with E-state index < -0.39 is 0 Å². The van der Waals surface area contributed by atoms with Gasteiger partial charge in [0.15, 0.2) is 5.13 Å². The van der Waals surface area contributed by atoms with E-state index in [0.717, 1.165) is 23.6 Å². The topological polar surface area (TPSA) is 28.2 Å². The number of rotatable bonds is 4. The zero-order valence-electron chi connectivity index (χ0n) is 9.16. The minimum Gasteiger partial charge on any atom is -0.361 e. The van der Waals surface area contributed by atoms with Gasteiger partial charge in [-0.25, -0.2) is 4.98 Å². The number of halogens is 1. The Bertz CT molecular complexity index is 364. The Morgan fingerprint density at radius 2 is 2.38 bits per heavy atom. The molecule has 0 amide bonds. The first-order valence-corrected chi connectivity index (χ1v) is 7.16. The lowest BCUT2D eigenvalue weighted by molar-refractivity contribution is 0.316. The second-order valence-electron chi connectivity index (χ2n) is 4.74. The van der Waals surface area contributed by atoms with E-state index in [4.69, 9.17) is 11.6 Å². The molecule has 0 bridgehead atoms. The fourth-order valence-electron chi connectivity index (χ4n) is 2.37. The quantitative estimate of drug-likeness (QED) is 0.899. The number of nitrogens with zero attached hydrogens (tertiary/aromatic N) is 2. The number of anilines is 1. The van der Waals surface area contributed by atoms with E-state index in [1.165, 1.54) is 32.4 Å². The summed E-state index contributed by atoms with van der Waals surface area (Å²) in [6.45, 7) is 3.58. The van der Waals surface area contributed by atoms with Crippen LogP contribution in [0.5, 0.6) is 0 Å². The second-order valence-corrected chi connectivity index (χ2v) is 5.98. The van der Waals surface area contributed by atoms with Gasteiger partial charge in [0.2, 0.25) is 0 Å². The van der Waals surface area contributed by atoms with Crippen LogP contribution in [0.2, 0.25) is 5.15 Å². The van der Waals surface area contributed by atoms with E-state index in [0.29, 0.717) is 5.15 Å². The van der Waals surface area contributed by atoms with Crippen LogP contribution in [-0.4, -0.2) is 35.6 Å². The zero-order valence-corrected chi connectivity index (χ0v) is 10.7. The van der Waals surface area contributed by atoms with Crippen molar-refractivity contribution in [3.05, 3.63) is 10.5 Å². The van der Waals surface area contributed by atoms with E-state index in [-0.39, 0.29) is 0 Å². The van der Waals surface area contributed by atoms with Crippen LogP contribution in [0.15, 0.2) is 5.38 Å². The average Bonchev–Trinajstić information content (AvgIpc) is 2.87. The maximum Gasteiger partial charge on any atom is 0.184 e. The van der Waals surface area contributed by atoms with E-state index in [1.807, 2.05) is 5.38 Å². The molecule has 1 saturated carbocycles. The van der Waals surface area contributed by atoms with Crippen LogP contribution in [0.3, 0.4) is 0 Å². The van der Waals surface area contributed by atoms with Crippen molar-refractivity contribution in [3.8, 4) is 0 Å². The molecule has 1 aromatic heterocycles. The number of nitrogens with one attached hydrogen (secondary N) is 1. The first-order chi connectivity index (χ1) is 7.81. The molecule has 0 radical (unpaired) electrons. The van der Waals surface area contributed by atoms with Crippen molar-refractivity contribution >= 4 is 28.1 Å². The van der Waals surface area contributed by atoms with Crippen LogP contribution < -0.4 is 5.32 Å². The highest BCUT2D eigenvalue weighted by molar-refractivity contribution is 7.14. The van der Waals surface area contributed by atoms with Crippen molar-refractivity contribution in [2.24, 2.45) is 5.92 Å². The Morgan fingerprint density at radius 3 is 3.06 bits per heavy atom. The van der Waals surface area contributed by atoms with Gasteiger partial charge in [-0.05, 0) is 31.7 Å². The van der Waals surface area contributed by atoms with Crippen molar-refractivity contribution in [1.82, 2.24) is 9.88 Å². The molecule has 2 aliphatic rings. The van der Waals surface area contributed by atoms with Crippen LogP contribution in [0.25, 0.3) is 0 Å². The number of likely N-dealkylation sites (tertiary alicyclic amines) is 1. The summed E-state index contributed by atoms with van der Waals surface area (Å²) in [6.07, 6.45) is 4.16. The summed E-state index contributed by atoms with van der Waals surface area (Å²) in [5.41, 5.74) is 0. The molecule has 5 heteroatoms. The molecule has 0 aromatic carbocycles. The van der Waals surface area contributed by atoms with Gasteiger partial charge in [-0.2, -0.15) is 0 Å². The Labute approximate surface area is 105 Å². The fourth-order valence-corrected chi connectivity index (χ4v) is 3.22. The molecule has 3 rings (SSSR count). The van der Waals surface area contributed by atoms with Crippen molar-refractivity contribution in [3.63, 3.8) is 0 Å². The van der Waals surface area contributed by atoms with E-state index >= 15 is 0 Å². The monoisotopic (exact) mass is 257 g/mol. The first kappa shape index (κ1) is 10.8. The predicted octanol–water partition coefficient (Wildman–Crippen LogP) is 2.69. The van der Waals surface area contributed by atoms with E-state index in [9.17, 15) is 0 Å². The molecule has 2 heterocycles. The van der Waals surface area contributed by atoms with Crippen LogP contribution in [0, 0.1) is 5.92 Å². The average molecular weight is 258 g/mol. The normalized spacial score (nSPS) is 26.2. The van der Waals surface area contributed by atoms with Gasteiger partial charge >= 0.3 is 0 Å². The number of thiazole rings is 1. The Kier molecular flexibility index (Phi) is 3.05. The van der Waals surface area contributed by atoms with Crippen molar-refractivity contribution < 1.29 is 0 Å². The molecule has 1 atom stereocenters. The van der Waals surface area contributed by atoms with Gasteiger partial charge in [0.1, 0.15) is 5.15 Å². The Hall–Kier alpha value is -0.320. The minimum atomic E-state index is 0.596. The van der Waals surface area contributed by atoms with Gasteiger partial charge in [-0.15, -0.1) is 11.3 Å². The third-order valence-electron chi connectivity index (χ3n) is 3.40. The van der Waals surface area contributed by atoms with Crippen LogP contribution in [0.4, 0.5) is 5.13 Å². The smallest absolute Gasteiger partial charge is 0.184 e. The molecule has 2 fully saturated rings. The maximum absolute atomic E-state index is 5.78. The largest absolute Gasteiger partial charge is 0.361 e. The lowest BCUT2D eigenvalue weighted by Gasteiger charge is -2.14. The van der Waals surface area contributed by atoms with Gasteiger partial charge < -0.3 is 10.2 Å². The molecule has 16 heavy (non-hydrogen) atoms. The van der Waals surface area contributed by atoms with Crippen molar-refractivity contribution in [2.45, 2.75) is 25.3 Å². The van der Waals surface area contributed by atoms with Crippen molar-refractivity contribution in [2.75, 3.05) is 25.0 Å². The Morgan fingerprint density at radius 1 is 1.50 bits per heavy atom. The number of aromatic nitrogens is 1.